The summed E-state index contributed by atoms with van der Waals surface area (Å²) in [5.74, 6) is 1.54. The zero-order chi connectivity index (χ0) is 11.9. The van der Waals surface area contributed by atoms with Crippen molar-refractivity contribution in [3.8, 4) is 0 Å². The second kappa shape index (κ2) is 3.96. The molecule has 2 N–H and O–H groups in total. The number of hydrogen-bond acceptors (Lipinski definition) is 4. The summed E-state index contributed by atoms with van der Waals surface area (Å²) in [7, 11) is 0. The number of anilines is 1. The number of aliphatic hydroxyl groups excluding tert-OH is 1. The van der Waals surface area contributed by atoms with E-state index in [1.54, 1.807) is 0 Å². The van der Waals surface area contributed by atoms with Gasteiger partial charge in [-0.3, -0.25) is 0 Å². The Kier molecular flexibility index (Phi) is 2.92. The van der Waals surface area contributed by atoms with Crippen LogP contribution in [0.15, 0.2) is 10.7 Å². The standard InChI is InChI=1S/C11H16BrN3O/c1-6-13-9(12)5-10(14-6)15-7-4-8(16)11(7,2)3/h5,7-8,16H,4H2,1-3H3,(H,13,14,15). The van der Waals surface area contributed by atoms with Gasteiger partial charge in [-0.1, -0.05) is 13.8 Å². The number of rotatable bonds is 2. The van der Waals surface area contributed by atoms with E-state index in [9.17, 15) is 5.11 Å². The first kappa shape index (κ1) is 11.8. The predicted molar refractivity (Wildman–Crippen MR) is 66.3 cm³/mol. The van der Waals surface area contributed by atoms with Crippen LogP contribution in [0.5, 0.6) is 0 Å². The van der Waals surface area contributed by atoms with Crippen molar-refractivity contribution >= 4 is 21.7 Å². The first-order valence-electron chi connectivity index (χ1n) is 5.35. The molecule has 5 heteroatoms. The number of aromatic nitrogens is 2. The van der Waals surface area contributed by atoms with Crippen molar-refractivity contribution in [2.45, 2.75) is 39.3 Å². The van der Waals surface area contributed by atoms with Crippen molar-refractivity contribution in [2.24, 2.45) is 5.41 Å². The Bertz CT molecular complexity index is 388. The van der Waals surface area contributed by atoms with Gasteiger partial charge in [0.15, 0.2) is 0 Å². The Morgan fingerprint density at radius 2 is 2.19 bits per heavy atom. The summed E-state index contributed by atoms with van der Waals surface area (Å²) < 4.78 is 0.778. The second-order valence-electron chi connectivity index (χ2n) is 4.89. The Labute approximate surface area is 104 Å². The van der Waals surface area contributed by atoms with Gasteiger partial charge in [-0.2, -0.15) is 0 Å². The van der Waals surface area contributed by atoms with Crippen LogP contribution in [0.4, 0.5) is 5.82 Å². The molecular weight excluding hydrogens is 270 g/mol. The van der Waals surface area contributed by atoms with Crippen LogP contribution < -0.4 is 5.32 Å². The molecule has 0 amide bonds. The number of hydrogen-bond donors (Lipinski definition) is 2. The zero-order valence-corrected chi connectivity index (χ0v) is 11.2. The lowest BCUT2D eigenvalue weighted by atomic mass is 9.64. The van der Waals surface area contributed by atoms with Crippen LogP contribution >= 0.6 is 15.9 Å². The molecule has 1 saturated carbocycles. The first-order chi connectivity index (χ1) is 7.39. The summed E-state index contributed by atoms with van der Waals surface area (Å²) in [4.78, 5) is 8.47. The Morgan fingerprint density at radius 3 is 2.69 bits per heavy atom. The molecule has 2 atom stereocenters. The first-order valence-corrected chi connectivity index (χ1v) is 6.14. The van der Waals surface area contributed by atoms with Crippen LogP contribution in [0.1, 0.15) is 26.1 Å². The maximum atomic E-state index is 9.65. The molecule has 1 aliphatic carbocycles. The monoisotopic (exact) mass is 285 g/mol. The van der Waals surface area contributed by atoms with Gasteiger partial charge in [0, 0.05) is 17.5 Å². The predicted octanol–water partition coefficient (Wildman–Crippen LogP) is 2.12. The normalized spacial score (nSPS) is 27.3. The van der Waals surface area contributed by atoms with Crippen molar-refractivity contribution in [3.63, 3.8) is 0 Å². The molecule has 2 unspecified atom stereocenters. The molecule has 1 aromatic rings. The Morgan fingerprint density at radius 1 is 1.50 bits per heavy atom. The zero-order valence-electron chi connectivity index (χ0n) is 9.66. The third-order valence-corrected chi connectivity index (χ3v) is 3.75. The lowest BCUT2D eigenvalue weighted by molar-refractivity contribution is -0.0511. The number of nitrogens with one attached hydrogen (secondary N) is 1. The number of halogens is 1. The molecule has 0 radical (unpaired) electrons. The second-order valence-corrected chi connectivity index (χ2v) is 5.71. The van der Waals surface area contributed by atoms with Crippen LogP contribution in [0.2, 0.25) is 0 Å². The fourth-order valence-electron chi connectivity index (χ4n) is 1.93. The van der Waals surface area contributed by atoms with Gasteiger partial charge in [0.2, 0.25) is 0 Å². The van der Waals surface area contributed by atoms with Crippen molar-refractivity contribution in [1.82, 2.24) is 9.97 Å². The highest BCUT2D eigenvalue weighted by molar-refractivity contribution is 9.10. The number of aryl methyl sites for hydroxylation is 1. The highest BCUT2D eigenvalue weighted by atomic mass is 79.9. The van der Waals surface area contributed by atoms with E-state index in [0.29, 0.717) is 0 Å². The molecule has 1 fully saturated rings. The van der Waals surface area contributed by atoms with Crippen LogP contribution in [0.25, 0.3) is 0 Å². The largest absolute Gasteiger partial charge is 0.392 e. The molecule has 0 spiro atoms. The summed E-state index contributed by atoms with van der Waals surface area (Å²) >= 11 is 3.34. The summed E-state index contributed by atoms with van der Waals surface area (Å²) in [5, 5.41) is 13.0. The van der Waals surface area contributed by atoms with Gasteiger partial charge < -0.3 is 10.4 Å². The van der Waals surface area contributed by atoms with Gasteiger partial charge >= 0.3 is 0 Å². The smallest absolute Gasteiger partial charge is 0.131 e. The van der Waals surface area contributed by atoms with E-state index in [1.165, 1.54) is 0 Å². The van der Waals surface area contributed by atoms with E-state index >= 15 is 0 Å². The lowest BCUT2D eigenvalue weighted by Gasteiger charge is -2.49. The average Bonchev–Trinajstić information content (AvgIpc) is 2.15. The van der Waals surface area contributed by atoms with Crippen molar-refractivity contribution < 1.29 is 5.11 Å². The van der Waals surface area contributed by atoms with Gasteiger partial charge in [-0.25, -0.2) is 9.97 Å². The summed E-state index contributed by atoms with van der Waals surface area (Å²) in [6, 6.07) is 2.12. The molecule has 4 nitrogen and oxygen atoms in total. The van der Waals surface area contributed by atoms with Crippen molar-refractivity contribution in [3.05, 3.63) is 16.5 Å². The van der Waals surface area contributed by atoms with Crippen LogP contribution in [0.3, 0.4) is 0 Å². The maximum Gasteiger partial charge on any atom is 0.131 e. The average molecular weight is 286 g/mol. The minimum atomic E-state index is -0.226. The molecule has 0 bridgehead atoms. The molecule has 0 aliphatic heterocycles. The number of aliphatic hydroxyl groups is 1. The molecule has 1 heterocycles. The molecule has 1 aliphatic rings. The SMILES string of the molecule is Cc1nc(Br)cc(NC2CC(O)C2(C)C)n1. The van der Waals surface area contributed by atoms with Crippen LogP contribution in [-0.2, 0) is 0 Å². The van der Waals surface area contributed by atoms with Crippen molar-refractivity contribution in [2.75, 3.05) is 5.32 Å². The van der Waals surface area contributed by atoms with E-state index in [0.717, 1.165) is 22.7 Å². The third kappa shape index (κ3) is 2.06. The van der Waals surface area contributed by atoms with Gasteiger partial charge in [0.05, 0.1) is 6.10 Å². The molecule has 0 saturated heterocycles. The fourth-order valence-corrected chi connectivity index (χ4v) is 2.40. The summed E-state index contributed by atoms with van der Waals surface area (Å²) in [6.07, 6.45) is 0.546. The minimum Gasteiger partial charge on any atom is -0.392 e. The molecule has 0 aromatic carbocycles. The molecule has 2 rings (SSSR count). The maximum absolute atomic E-state index is 9.65. The van der Waals surface area contributed by atoms with Crippen LogP contribution in [-0.4, -0.2) is 27.2 Å². The lowest BCUT2D eigenvalue weighted by Crippen LogP contribution is -2.57. The molecular formula is C11H16BrN3O. The van der Waals surface area contributed by atoms with Crippen molar-refractivity contribution in [1.29, 1.82) is 0 Å². The van der Waals surface area contributed by atoms with Gasteiger partial charge in [0.1, 0.15) is 16.2 Å². The topological polar surface area (TPSA) is 58.0 Å². The van der Waals surface area contributed by atoms with E-state index in [2.05, 4.69) is 45.1 Å². The van der Waals surface area contributed by atoms with E-state index < -0.39 is 0 Å². The molecule has 1 aromatic heterocycles. The summed E-state index contributed by atoms with van der Waals surface area (Å²) in [6.45, 7) is 5.97. The Balaban J connectivity index is 2.11. The Hall–Kier alpha value is -0.680. The van der Waals surface area contributed by atoms with Gasteiger partial charge in [-0.15, -0.1) is 0 Å². The van der Waals surface area contributed by atoms with Crippen LogP contribution in [0, 0.1) is 12.3 Å². The van der Waals surface area contributed by atoms with E-state index in [4.69, 9.17) is 0 Å². The molecule has 16 heavy (non-hydrogen) atoms. The van der Waals surface area contributed by atoms with Gasteiger partial charge in [0.25, 0.3) is 0 Å². The highest BCUT2D eigenvalue weighted by Gasteiger charge is 2.47. The number of nitrogens with zero attached hydrogens (tertiary/aromatic N) is 2. The van der Waals surface area contributed by atoms with E-state index in [-0.39, 0.29) is 17.6 Å². The highest BCUT2D eigenvalue weighted by Crippen LogP contribution is 2.42. The third-order valence-electron chi connectivity index (χ3n) is 3.34. The van der Waals surface area contributed by atoms with E-state index in [1.807, 2.05) is 13.0 Å². The fraction of sp³-hybridized carbons (Fsp3) is 0.636. The molecule has 88 valence electrons. The quantitative estimate of drug-likeness (QED) is 0.818. The minimum absolute atomic E-state index is 0.0919. The summed E-state index contributed by atoms with van der Waals surface area (Å²) in [5.41, 5.74) is -0.0919. The van der Waals surface area contributed by atoms with Gasteiger partial charge in [-0.05, 0) is 29.3 Å².